The fourth-order valence-electron chi connectivity index (χ4n) is 2.87. The van der Waals surface area contributed by atoms with E-state index in [-0.39, 0.29) is 24.8 Å². The van der Waals surface area contributed by atoms with Crippen molar-refractivity contribution in [3.05, 3.63) is 11.9 Å². The summed E-state index contributed by atoms with van der Waals surface area (Å²) in [6.45, 7) is 0. The molecule has 8 heteroatoms. The molecule has 1 heterocycles. The third-order valence-electron chi connectivity index (χ3n) is 3.90. The first-order valence-corrected chi connectivity index (χ1v) is 6.31. The minimum atomic E-state index is -4.12. The lowest BCUT2D eigenvalue weighted by Gasteiger charge is -2.34. The topological polar surface area (TPSA) is 68.8 Å². The summed E-state index contributed by atoms with van der Waals surface area (Å²) in [5.41, 5.74) is 3.34. The fraction of sp³-hybridized carbons (Fsp3) is 0.818. The summed E-state index contributed by atoms with van der Waals surface area (Å²) < 4.78 is 40.0. The SMILES string of the molecule is Cn1nncc1C(NN)C1CCCC(C(F)(F)F)C1. The second-order valence-electron chi connectivity index (χ2n) is 5.09. The lowest BCUT2D eigenvalue weighted by atomic mass is 9.77. The standard InChI is InChI=1S/C11H18F3N5/c1-19-9(6-16-18-19)10(17-15)7-3-2-4-8(5-7)11(12,13)14/h6-8,10,17H,2-5,15H2,1H3. The van der Waals surface area contributed by atoms with Crippen molar-refractivity contribution in [3.8, 4) is 0 Å². The normalized spacial score (nSPS) is 26.4. The van der Waals surface area contributed by atoms with Crippen molar-refractivity contribution in [3.63, 3.8) is 0 Å². The maximum Gasteiger partial charge on any atom is 0.391 e. The van der Waals surface area contributed by atoms with Crippen molar-refractivity contribution in [2.45, 2.75) is 37.9 Å². The predicted octanol–water partition coefficient (Wildman–Crippen LogP) is 1.69. The molecule has 2 rings (SSSR count). The summed E-state index contributed by atoms with van der Waals surface area (Å²) in [4.78, 5) is 0. The monoisotopic (exact) mass is 277 g/mol. The van der Waals surface area contributed by atoms with Crippen LogP contribution in [-0.4, -0.2) is 21.2 Å². The summed E-state index contributed by atoms with van der Waals surface area (Å²) in [7, 11) is 1.71. The van der Waals surface area contributed by atoms with Crippen molar-refractivity contribution in [1.29, 1.82) is 0 Å². The summed E-state index contributed by atoms with van der Waals surface area (Å²) in [6, 6.07) is -0.342. The van der Waals surface area contributed by atoms with Gasteiger partial charge in [0.1, 0.15) is 0 Å². The Hall–Kier alpha value is -1.15. The molecule has 0 amide bonds. The number of nitrogens with two attached hydrogens (primary N) is 1. The number of hydrogen-bond acceptors (Lipinski definition) is 4. The van der Waals surface area contributed by atoms with E-state index < -0.39 is 12.1 Å². The van der Waals surface area contributed by atoms with E-state index >= 15 is 0 Å². The zero-order valence-electron chi connectivity index (χ0n) is 10.7. The van der Waals surface area contributed by atoms with Crippen LogP contribution in [-0.2, 0) is 7.05 Å². The van der Waals surface area contributed by atoms with Crippen LogP contribution in [0.2, 0.25) is 0 Å². The molecule has 0 spiro atoms. The Morgan fingerprint density at radius 1 is 1.47 bits per heavy atom. The molecule has 3 N–H and O–H groups in total. The molecule has 3 atom stereocenters. The average molecular weight is 277 g/mol. The highest BCUT2D eigenvalue weighted by Crippen LogP contribution is 2.43. The number of aromatic nitrogens is 3. The summed E-state index contributed by atoms with van der Waals surface area (Å²) in [6.07, 6.45) is -0.973. The van der Waals surface area contributed by atoms with Gasteiger partial charge in [-0.2, -0.15) is 13.2 Å². The van der Waals surface area contributed by atoms with Gasteiger partial charge in [0.2, 0.25) is 0 Å². The molecule has 1 saturated carbocycles. The van der Waals surface area contributed by atoms with Gasteiger partial charge in [0, 0.05) is 7.05 Å². The molecule has 1 aromatic heterocycles. The van der Waals surface area contributed by atoms with E-state index in [0.29, 0.717) is 6.42 Å². The molecule has 0 saturated heterocycles. The molecule has 3 unspecified atom stereocenters. The average Bonchev–Trinajstić information content (AvgIpc) is 2.76. The Kier molecular flexibility index (Phi) is 4.10. The Morgan fingerprint density at radius 3 is 2.74 bits per heavy atom. The summed E-state index contributed by atoms with van der Waals surface area (Å²) in [5, 5.41) is 7.55. The number of rotatable bonds is 3. The fourth-order valence-corrected chi connectivity index (χ4v) is 2.87. The third-order valence-corrected chi connectivity index (χ3v) is 3.90. The third kappa shape index (κ3) is 3.06. The summed E-state index contributed by atoms with van der Waals surface area (Å²) >= 11 is 0. The quantitative estimate of drug-likeness (QED) is 0.651. The maximum atomic E-state index is 12.8. The predicted molar refractivity (Wildman–Crippen MR) is 62.6 cm³/mol. The Labute approximate surface area is 109 Å². The molecular formula is C11H18F3N5. The van der Waals surface area contributed by atoms with Gasteiger partial charge >= 0.3 is 6.18 Å². The lowest BCUT2D eigenvalue weighted by molar-refractivity contribution is -0.186. The molecule has 1 aliphatic carbocycles. The molecule has 19 heavy (non-hydrogen) atoms. The van der Waals surface area contributed by atoms with Crippen LogP contribution in [0.5, 0.6) is 0 Å². The molecule has 5 nitrogen and oxygen atoms in total. The van der Waals surface area contributed by atoms with Crippen LogP contribution in [0, 0.1) is 11.8 Å². The highest BCUT2D eigenvalue weighted by molar-refractivity contribution is 5.04. The van der Waals surface area contributed by atoms with Gasteiger partial charge in [0.25, 0.3) is 0 Å². The van der Waals surface area contributed by atoms with Crippen molar-refractivity contribution >= 4 is 0 Å². The van der Waals surface area contributed by atoms with Crippen LogP contribution in [0.15, 0.2) is 6.20 Å². The Balaban J connectivity index is 2.13. The number of alkyl halides is 3. The van der Waals surface area contributed by atoms with Crippen molar-refractivity contribution in [1.82, 2.24) is 20.4 Å². The number of halogens is 3. The molecule has 108 valence electrons. The van der Waals surface area contributed by atoms with E-state index in [4.69, 9.17) is 5.84 Å². The van der Waals surface area contributed by atoms with Gasteiger partial charge < -0.3 is 0 Å². The highest BCUT2D eigenvalue weighted by atomic mass is 19.4. The van der Waals surface area contributed by atoms with Crippen LogP contribution >= 0.6 is 0 Å². The minimum Gasteiger partial charge on any atom is -0.271 e. The van der Waals surface area contributed by atoms with Crippen molar-refractivity contribution < 1.29 is 13.2 Å². The molecule has 1 aromatic rings. The molecule has 1 aliphatic rings. The van der Waals surface area contributed by atoms with Crippen LogP contribution in [0.25, 0.3) is 0 Å². The number of hydrazine groups is 1. The van der Waals surface area contributed by atoms with Gasteiger partial charge in [0.05, 0.1) is 23.9 Å². The first-order chi connectivity index (χ1) is 8.93. The molecule has 0 bridgehead atoms. The Morgan fingerprint density at radius 2 is 2.21 bits per heavy atom. The van der Waals surface area contributed by atoms with Gasteiger partial charge in [-0.25, -0.2) is 0 Å². The van der Waals surface area contributed by atoms with E-state index in [9.17, 15) is 13.2 Å². The zero-order valence-corrected chi connectivity index (χ0v) is 10.7. The van der Waals surface area contributed by atoms with Gasteiger partial charge in [-0.3, -0.25) is 16.0 Å². The maximum absolute atomic E-state index is 12.8. The molecule has 0 radical (unpaired) electrons. The Bertz CT molecular complexity index is 417. The van der Waals surface area contributed by atoms with Crippen molar-refractivity contribution in [2.24, 2.45) is 24.7 Å². The van der Waals surface area contributed by atoms with Gasteiger partial charge in [-0.15, -0.1) is 5.10 Å². The number of nitrogens with one attached hydrogen (secondary N) is 1. The van der Waals surface area contributed by atoms with E-state index in [1.165, 1.54) is 0 Å². The first-order valence-electron chi connectivity index (χ1n) is 6.31. The number of nitrogens with zero attached hydrogens (tertiary/aromatic N) is 3. The largest absolute Gasteiger partial charge is 0.391 e. The molecular weight excluding hydrogens is 259 g/mol. The zero-order chi connectivity index (χ0) is 14.0. The minimum absolute atomic E-state index is 0.101. The lowest BCUT2D eigenvalue weighted by Crippen LogP contribution is -2.39. The van der Waals surface area contributed by atoms with Crippen LogP contribution < -0.4 is 11.3 Å². The summed E-state index contributed by atoms with van der Waals surface area (Å²) in [5.74, 6) is 4.13. The van der Waals surface area contributed by atoms with Gasteiger partial charge in [-0.05, 0) is 25.2 Å². The van der Waals surface area contributed by atoms with Gasteiger partial charge in [-0.1, -0.05) is 11.6 Å². The van der Waals surface area contributed by atoms with E-state index in [1.54, 1.807) is 17.9 Å². The van der Waals surface area contributed by atoms with Gasteiger partial charge in [0.15, 0.2) is 0 Å². The van der Waals surface area contributed by atoms with Crippen LogP contribution in [0.1, 0.15) is 37.4 Å². The smallest absolute Gasteiger partial charge is 0.271 e. The van der Waals surface area contributed by atoms with E-state index in [0.717, 1.165) is 12.1 Å². The van der Waals surface area contributed by atoms with E-state index in [2.05, 4.69) is 15.7 Å². The molecule has 0 aliphatic heterocycles. The number of hydrogen-bond donors (Lipinski definition) is 2. The second-order valence-corrected chi connectivity index (χ2v) is 5.09. The second kappa shape index (κ2) is 5.46. The van der Waals surface area contributed by atoms with Crippen LogP contribution in [0.3, 0.4) is 0 Å². The molecule has 0 aromatic carbocycles. The van der Waals surface area contributed by atoms with Crippen molar-refractivity contribution in [2.75, 3.05) is 0 Å². The number of aryl methyl sites for hydroxylation is 1. The molecule has 1 fully saturated rings. The highest BCUT2D eigenvalue weighted by Gasteiger charge is 2.44. The van der Waals surface area contributed by atoms with E-state index in [1.807, 2.05) is 0 Å². The first kappa shape index (κ1) is 14.3. The van der Waals surface area contributed by atoms with Crippen LogP contribution in [0.4, 0.5) is 13.2 Å².